The van der Waals surface area contributed by atoms with Crippen molar-refractivity contribution in [2.75, 3.05) is 45.2 Å². The monoisotopic (exact) mass is 593 g/mol. The number of fused-ring (bicyclic) bond motifs is 2. The highest BCUT2D eigenvalue weighted by Crippen LogP contribution is 2.45. The van der Waals surface area contributed by atoms with Gasteiger partial charge in [-0.15, -0.1) is 0 Å². The lowest BCUT2D eigenvalue weighted by Crippen LogP contribution is -2.56. The molecule has 0 spiro atoms. The van der Waals surface area contributed by atoms with Crippen molar-refractivity contribution < 1.29 is 29.0 Å². The maximum Gasteiger partial charge on any atom is 0.407 e. The first-order chi connectivity index (χ1) is 19.8. The Morgan fingerprint density at radius 1 is 1.10 bits per heavy atom. The first kappa shape index (κ1) is 29.7. The Kier molecular flexibility index (Phi) is 8.09. The molecule has 3 aromatic carbocycles. The zero-order valence-electron chi connectivity index (χ0n) is 24.5. The summed E-state index contributed by atoms with van der Waals surface area (Å²) in [6.45, 7) is 7.17. The van der Waals surface area contributed by atoms with Crippen LogP contribution in [0.1, 0.15) is 27.2 Å². The van der Waals surface area contributed by atoms with E-state index in [4.69, 9.17) is 21.1 Å². The molecular formula is C32H36ClN3O6. The minimum atomic E-state index is -0.959. The summed E-state index contributed by atoms with van der Waals surface area (Å²) >= 11 is 6.93. The van der Waals surface area contributed by atoms with E-state index in [2.05, 4.69) is 0 Å². The van der Waals surface area contributed by atoms with Gasteiger partial charge in [0.25, 0.3) is 5.91 Å². The number of carbonyl (C=O) groups excluding carboxylic acids is 2. The second-order valence-corrected chi connectivity index (χ2v) is 12.7. The van der Waals surface area contributed by atoms with E-state index in [1.165, 1.54) is 4.90 Å². The average molecular weight is 594 g/mol. The number of halogens is 1. The van der Waals surface area contributed by atoms with E-state index in [9.17, 15) is 19.5 Å². The van der Waals surface area contributed by atoms with Crippen LogP contribution in [0, 0.1) is 11.3 Å². The molecule has 222 valence electrons. The van der Waals surface area contributed by atoms with Crippen molar-refractivity contribution in [2.24, 2.45) is 11.3 Å². The summed E-state index contributed by atoms with van der Waals surface area (Å²) in [6.07, 6.45) is -1.16. The van der Waals surface area contributed by atoms with Gasteiger partial charge in [-0.3, -0.25) is 9.59 Å². The minimum absolute atomic E-state index is 0.0158. The standard InChI is InChI=1S/C32H36ClN3O6/c1-32(2,3)30(38)41-21-12-20-8-6-7-9-22(20)23(13-21)24-14-28-26(15-25(24)33)36(18-19-16-35(17-19)31(39)40)29(37)27(42-28)10-11-34(4)5/h6-9,12-15,19,27H,10-11,16-18H2,1-5H3,(H,39,40). The summed E-state index contributed by atoms with van der Waals surface area (Å²) in [5.74, 6) is 0.435. The van der Waals surface area contributed by atoms with Crippen LogP contribution >= 0.6 is 11.6 Å². The van der Waals surface area contributed by atoms with Crippen LogP contribution in [0.3, 0.4) is 0 Å². The fourth-order valence-electron chi connectivity index (χ4n) is 5.22. The number of hydrogen-bond acceptors (Lipinski definition) is 6. The second-order valence-electron chi connectivity index (χ2n) is 12.3. The van der Waals surface area contributed by atoms with Gasteiger partial charge in [0.2, 0.25) is 0 Å². The lowest BCUT2D eigenvalue weighted by Gasteiger charge is -2.42. The van der Waals surface area contributed by atoms with Gasteiger partial charge in [-0.2, -0.15) is 0 Å². The van der Waals surface area contributed by atoms with Gasteiger partial charge in [0.1, 0.15) is 11.5 Å². The van der Waals surface area contributed by atoms with Crippen LogP contribution in [-0.2, 0) is 9.59 Å². The number of nitrogens with zero attached hydrogens (tertiary/aromatic N) is 3. The lowest BCUT2D eigenvalue weighted by molar-refractivity contribution is -0.143. The molecule has 1 atom stereocenters. The normalized spacial score (nSPS) is 17.2. The molecule has 1 saturated heterocycles. The summed E-state index contributed by atoms with van der Waals surface area (Å²) in [5, 5.41) is 11.5. The number of hydrogen-bond donors (Lipinski definition) is 1. The van der Waals surface area contributed by atoms with E-state index in [1.54, 1.807) is 31.7 Å². The predicted molar refractivity (Wildman–Crippen MR) is 163 cm³/mol. The highest BCUT2D eigenvalue weighted by molar-refractivity contribution is 6.34. The average Bonchev–Trinajstić information content (AvgIpc) is 2.89. The molecule has 0 saturated carbocycles. The van der Waals surface area contributed by atoms with E-state index in [0.717, 1.165) is 16.3 Å². The lowest BCUT2D eigenvalue weighted by atomic mass is 9.95. The highest BCUT2D eigenvalue weighted by Gasteiger charge is 2.39. The van der Waals surface area contributed by atoms with Gasteiger partial charge in [0.05, 0.1) is 16.1 Å². The fourth-order valence-corrected chi connectivity index (χ4v) is 5.48. The Balaban J connectivity index is 1.56. The number of anilines is 1. The van der Waals surface area contributed by atoms with Crippen LogP contribution in [0.2, 0.25) is 5.02 Å². The van der Waals surface area contributed by atoms with Gasteiger partial charge < -0.3 is 29.3 Å². The quantitative estimate of drug-likeness (QED) is 0.274. The summed E-state index contributed by atoms with van der Waals surface area (Å²) in [5.41, 5.74) is 1.33. The molecule has 3 aromatic rings. The predicted octanol–water partition coefficient (Wildman–Crippen LogP) is 5.77. The van der Waals surface area contributed by atoms with Crippen LogP contribution in [-0.4, -0.2) is 79.3 Å². The Labute approximate surface area is 250 Å². The third kappa shape index (κ3) is 6.03. The molecule has 2 aliphatic heterocycles. The molecule has 0 aromatic heterocycles. The number of rotatable bonds is 7. The molecule has 5 rings (SSSR count). The molecule has 0 bridgehead atoms. The number of carbonyl (C=O) groups is 3. The van der Waals surface area contributed by atoms with E-state index >= 15 is 0 Å². The Morgan fingerprint density at radius 3 is 2.48 bits per heavy atom. The molecule has 9 nitrogen and oxygen atoms in total. The Bertz CT molecular complexity index is 1540. The number of amides is 2. The summed E-state index contributed by atoms with van der Waals surface area (Å²) in [7, 11) is 3.88. The third-order valence-corrected chi connectivity index (χ3v) is 7.92. The smallest absolute Gasteiger partial charge is 0.407 e. The molecule has 1 unspecified atom stereocenters. The second kappa shape index (κ2) is 11.5. The molecule has 0 aliphatic carbocycles. The number of ether oxygens (including phenoxy) is 2. The van der Waals surface area contributed by atoms with Gasteiger partial charge >= 0.3 is 12.1 Å². The van der Waals surface area contributed by atoms with Crippen LogP contribution in [0.5, 0.6) is 11.5 Å². The van der Waals surface area contributed by atoms with Crippen molar-refractivity contribution in [3.05, 3.63) is 53.6 Å². The van der Waals surface area contributed by atoms with Crippen LogP contribution in [0.15, 0.2) is 48.5 Å². The van der Waals surface area contributed by atoms with Crippen LogP contribution in [0.25, 0.3) is 21.9 Å². The first-order valence-corrected chi connectivity index (χ1v) is 14.4. The maximum absolute atomic E-state index is 13.6. The zero-order valence-corrected chi connectivity index (χ0v) is 25.3. The summed E-state index contributed by atoms with van der Waals surface area (Å²) in [6, 6.07) is 15.0. The van der Waals surface area contributed by atoms with Gasteiger partial charge in [0, 0.05) is 44.1 Å². The van der Waals surface area contributed by atoms with E-state index in [0.29, 0.717) is 60.4 Å². The number of benzene rings is 3. The topological polar surface area (TPSA) is 99.6 Å². The molecule has 42 heavy (non-hydrogen) atoms. The number of carboxylic acid groups (broad SMARTS) is 1. The Hall–Kier alpha value is -3.82. The molecule has 1 fully saturated rings. The van der Waals surface area contributed by atoms with Gasteiger partial charge in [-0.1, -0.05) is 35.9 Å². The fraction of sp³-hybridized carbons (Fsp3) is 0.406. The van der Waals surface area contributed by atoms with E-state index in [1.807, 2.05) is 61.5 Å². The third-order valence-electron chi connectivity index (χ3n) is 7.61. The van der Waals surface area contributed by atoms with Crippen molar-refractivity contribution in [1.82, 2.24) is 9.80 Å². The number of likely N-dealkylation sites (tertiary alicyclic amines) is 1. The SMILES string of the molecule is CN(C)CCC1Oc2cc(-c3cc(OC(=O)C(C)(C)C)cc4ccccc34)c(Cl)cc2N(CC2CN(C(=O)O)C2)C1=O. The molecule has 1 N–H and O–H groups in total. The minimum Gasteiger partial charge on any atom is -0.478 e. The first-order valence-electron chi connectivity index (χ1n) is 14.0. The van der Waals surface area contributed by atoms with Crippen LogP contribution < -0.4 is 14.4 Å². The van der Waals surface area contributed by atoms with Gasteiger partial charge in [-0.25, -0.2) is 4.79 Å². The molecule has 2 aliphatic rings. The van der Waals surface area contributed by atoms with E-state index < -0.39 is 17.6 Å². The summed E-state index contributed by atoms with van der Waals surface area (Å²) < 4.78 is 12.1. The molecule has 0 radical (unpaired) electrons. The molecular weight excluding hydrogens is 558 g/mol. The van der Waals surface area contributed by atoms with Crippen LogP contribution in [0.4, 0.5) is 10.5 Å². The van der Waals surface area contributed by atoms with Gasteiger partial charge in [0.15, 0.2) is 6.10 Å². The van der Waals surface area contributed by atoms with Crippen molar-refractivity contribution in [3.63, 3.8) is 0 Å². The Morgan fingerprint density at radius 2 is 1.81 bits per heavy atom. The van der Waals surface area contributed by atoms with Gasteiger partial charge in [-0.05, 0) is 75.5 Å². The molecule has 2 amide bonds. The van der Waals surface area contributed by atoms with Crippen molar-refractivity contribution in [1.29, 1.82) is 0 Å². The van der Waals surface area contributed by atoms with Crippen molar-refractivity contribution >= 4 is 46.0 Å². The van der Waals surface area contributed by atoms with Crippen molar-refractivity contribution in [2.45, 2.75) is 33.3 Å². The van der Waals surface area contributed by atoms with E-state index in [-0.39, 0.29) is 17.8 Å². The van der Waals surface area contributed by atoms with Crippen molar-refractivity contribution in [3.8, 4) is 22.6 Å². The number of esters is 1. The maximum atomic E-state index is 13.6. The zero-order chi connectivity index (χ0) is 30.3. The highest BCUT2D eigenvalue weighted by atomic mass is 35.5. The summed E-state index contributed by atoms with van der Waals surface area (Å²) in [4.78, 5) is 42.7. The molecule has 2 heterocycles. The molecule has 10 heteroatoms. The largest absolute Gasteiger partial charge is 0.478 e.